The van der Waals surface area contributed by atoms with E-state index in [1.807, 2.05) is 27.7 Å². The van der Waals surface area contributed by atoms with Crippen LogP contribution >= 0.6 is 0 Å². The molecule has 0 bridgehead atoms. The summed E-state index contributed by atoms with van der Waals surface area (Å²) in [4.78, 5) is 23.2. The van der Waals surface area contributed by atoms with Crippen molar-refractivity contribution in [3.05, 3.63) is 0 Å². The largest absolute Gasteiger partial charge is 0.280 e. The molecule has 0 N–H and O–H groups in total. The third-order valence-electron chi connectivity index (χ3n) is 1.61. The van der Waals surface area contributed by atoms with Gasteiger partial charge in [0.15, 0.2) is 0 Å². The van der Waals surface area contributed by atoms with Crippen LogP contribution in [0.25, 0.3) is 0 Å². The lowest BCUT2D eigenvalue weighted by atomic mass is 10.3. The Kier molecular flexibility index (Phi) is 4.55. The Hall–Kier alpha value is -0.860. The highest BCUT2D eigenvalue weighted by molar-refractivity contribution is 6.02. The van der Waals surface area contributed by atoms with Crippen LogP contribution in [0.15, 0.2) is 0 Å². The van der Waals surface area contributed by atoms with E-state index in [0.717, 1.165) is 0 Å². The summed E-state index contributed by atoms with van der Waals surface area (Å²) >= 11 is 0. The SMILES string of the molecule is CC.CC(C)N1C(=O)CCC1=O. The highest BCUT2D eigenvalue weighted by Gasteiger charge is 2.30. The molecule has 2 amide bonds. The van der Waals surface area contributed by atoms with Crippen LogP contribution in [0.2, 0.25) is 0 Å². The minimum absolute atomic E-state index is 0.0278. The Morgan fingerprint density at radius 3 is 1.58 bits per heavy atom. The van der Waals surface area contributed by atoms with Gasteiger partial charge >= 0.3 is 0 Å². The first kappa shape index (κ1) is 11.1. The summed E-state index contributed by atoms with van der Waals surface area (Å²) in [6.45, 7) is 7.70. The van der Waals surface area contributed by atoms with Gasteiger partial charge in [0, 0.05) is 18.9 Å². The first-order valence-electron chi connectivity index (χ1n) is 4.48. The van der Waals surface area contributed by atoms with Crippen LogP contribution in [0.5, 0.6) is 0 Å². The Morgan fingerprint density at radius 1 is 1.08 bits per heavy atom. The van der Waals surface area contributed by atoms with Crippen LogP contribution in [0.3, 0.4) is 0 Å². The first-order valence-corrected chi connectivity index (χ1v) is 4.48. The van der Waals surface area contributed by atoms with Gasteiger partial charge in [-0.2, -0.15) is 0 Å². The summed E-state index contributed by atoms with van der Waals surface area (Å²) in [5.41, 5.74) is 0. The quantitative estimate of drug-likeness (QED) is 0.561. The maximum Gasteiger partial charge on any atom is 0.229 e. The van der Waals surface area contributed by atoms with E-state index in [1.165, 1.54) is 4.90 Å². The highest BCUT2D eigenvalue weighted by atomic mass is 16.2. The fourth-order valence-electron chi connectivity index (χ4n) is 1.17. The molecule has 1 heterocycles. The minimum atomic E-state index is -0.0278. The van der Waals surface area contributed by atoms with Crippen molar-refractivity contribution < 1.29 is 9.59 Å². The fraction of sp³-hybridized carbons (Fsp3) is 0.778. The summed E-state index contributed by atoms with van der Waals surface area (Å²) in [7, 11) is 0. The van der Waals surface area contributed by atoms with Gasteiger partial charge in [0.1, 0.15) is 0 Å². The second-order valence-electron chi connectivity index (χ2n) is 2.75. The predicted octanol–water partition coefficient (Wildman–Crippen LogP) is 1.57. The van der Waals surface area contributed by atoms with Crippen molar-refractivity contribution in [1.82, 2.24) is 4.90 Å². The molecule has 0 atom stereocenters. The Morgan fingerprint density at radius 2 is 1.42 bits per heavy atom. The smallest absolute Gasteiger partial charge is 0.229 e. The van der Waals surface area contributed by atoms with Crippen molar-refractivity contribution in [3.63, 3.8) is 0 Å². The van der Waals surface area contributed by atoms with Crippen LogP contribution in [0, 0.1) is 0 Å². The standard InChI is InChI=1S/C7H11NO2.C2H6/c1-5(2)8-6(9)3-4-7(8)10;1-2/h5H,3-4H2,1-2H3;1-2H3. The second kappa shape index (κ2) is 4.91. The van der Waals surface area contributed by atoms with Crippen molar-refractivity contribution in [2.45, 2.75) is 46.6 Å². The number of likely N-dealkylation sites (tertiary alicyclic amines) is 1. The molecule has 0 aromatic heterocycles. The van der Waals surface area contributed by atoms with Crippen molar-refractivity contribution in [2.75, 3.05) is 0 Å². The van der Waals surface area contributed by atoms with Gasteiger partial charge in [-0.05, 0) is 13.8 Å². The lowest BCUT2D eigenvalue weighted by molar-refractivity contribution is -0.140. The molecule has 3 heteroatoms. The third kappa shape index (κ3) is 2.32. The molecule has 0 radical (unpaired) electrons. The van der Waals surface area contributed by atoms with E-state index in [9.17, 15) is 9.59 Å². The highest BCUT2D eigenvalue weighted by Crippen LogP contribution is 2.14. The molecular weight excluding hydrogens is 154 g/mol. The molecule has 1 fully saturated rings. The number of carbonyl (C=O) groups excluding carboxylic acids is 2. The van der Waals surface area contributed by atoms with Gasteiger partial charge in [-0.1, -0.05) is 13.8 Å². The number of carbonyl (C=O) groups is 2. The molecule has 3 nitrogen and oxygen atoms in total. The molecule has 0 unspecified atom stereocenters. The zero-order valence-electron chi connectivity index (χ0n) is 8.26. The molecule has 12 heavy (non-hydrogen) atoms. The molecule has 1 aliphatic heterocycles. The van der Waals surface area contributed by atoms with Crippen molar-refractivity contribution in [1.29, 1.82) is 0 Å². The number of nitrogens with zero attached hydrogens (tertiary/aromatic N) is 1. The van der Waals surface area contributed by atoms with E-state index in [4.69, 9.17) is 0 Å². The van der Waals surface area contributed by atoms with Crippen molar-refractivity contribution in [3.8, 4) is 0 Å². The summed E-state index contributed by atoms with van der Waals surface area (Å²) in [5, 5.41) is 0. The average molecular weight is 171 g/mol. The Balaban J connectivity index is 0.000000561. The van der Waals surface area contributed by atoms with Crippen LogP contribution in [-0.2, 0) is 9.59 Å². The third-order valence-corrected chi connectivity index (χ3v) is 1.61. The van der Waals surface area contributed by atoms with E-state index in [1.54, 1.807) is 0 Å². The summed E-state index contributed by atoms with van der Waals surface area (Å²) in [6, 6.07) is 0.0301. The van der Waals surface area contributed by atoms with Gasteiger partial charge in [-0.15, -0.1) is 0 Å². The second-order valence-corrected chi connectivity index (χ2v) is 2.75. The van der Waals surface area contributed by atoms with Gasteiger partial charge in [0.25, 0.3) is 0 Å². The van der Waals surface area contributed by atoms with Crippen molar-refractivity contribution in [2.24, 2.45) is 0 Å². The maximum atomic E-state index is 10.9. The summed E-state index contributed by atoms with van der Waals surface area (Å²) in [5.74, 6) is -0.0556. The van der Waals surface area contributed by atoms with E-state index in [2.05, 4.69) is 0 Å². The van der Waals surface area contributed by atoms with Crippen LogP contribution in [0.4, 0.5) is 0 Å². The molecule has 0 aliphatic carbocycles. The molecule has 1 saturated heterocycles. The zero-order valence-corrected chi connectivity index (χ0v) is 8.26. The van der Waals surface area contributed by atoms with Crippen LogP contribution < -0.4 is 0 Å². The van der Waals surface area contributed by atoms with E-state index in [0.29, 0.717) is 12.8 Å². The Bertz CT molecular complexity index is 159. The maximum absolute atomic E-state index is 10.9. The van der Waals surface area contributed by atoms with E-state index >= 15 is 0 Å². The number of imide groups is 1. The predicted molar refractivity (Wildman–Crippen MR) is 47.6 cm³/mol. The zero-order chi connectivity index (χ0) is 9.72. The van der Waals surface area contributed by atoms with Gasteiger partial charge in [0.05, 0.1) is 0 Å². The monoisotopic (exact) mass is 171 g/mol. The molecule has 0 saturated carbocycles. The fourth-order valence-corrected chi connectivity index (χ4v) is 1.17. The van der Waals surface area contributed by atoms with Gasteiger partial charge in [-0.3, -0.25) is 14.5 Å². The lowest BCUT2D eigenvalue weighted by Crippen LogP contribution is -2.35. The molecule has 0 aromatic carbocycles. The minimum Gasteiger partial charge on any atom is -0.280 e. The Labute approximate surface area is 73.7 Å². The van der Waals surface area contributed by atoms with Crippen molar-refractivity contribution >= 4 is 11.8 Å². The number of rotatable bonds is 1. The lowest BCUT2D eigenvalue weighted by Gasteiger charge is -2.17. The number of amides is 2. The van der Waals surface area contributed by atoms with E-state index < -0.39 is 0 Å². The average Bonchev–Trinajstić information content (AvgIpc) is 2.35. The molecular formula is C9H17NO2. The molecule has 1 aliphatic rings. The van der Waals surface area contributed by atoms with Gasteiger partial charge < -0.3 is 0 Å². The summed E-state index contributed by atoms with van der Waals surface area (Å²) < 4.78 is 0. The van der Waals surface area contributed by atoms with Gasteiger partial charge in [0.2, 0.25) is 11.8 Å². The number of hydrogen-bond acceptors (Lipinski definition) is 2. The number of hydrogen-bond donors (Lipinski definition) is 0. The van der Waals surface area contributed by atoms with Gasteiger partial charge in [-0.25, -0.2) is 0 Å². The van der Waals surface area contributed by atoms with Crippen LogP contribution in [-0.4, -0.2) is 22.8 Å². The topological polar surface area (TPSA) is 37.4 Å². The first-order chi connectivity index (χ1) is 5.63. The molecule has 70 valence electrons. The molecule has 1 rings (SSSR count). The van der Waals surface area contributed by atoms with Crippen LogP contribution in [0.1, 0.15) is 40.5 Å². The summed E-state index contributed by atoms with van der Waals surface area (Å²) in [6.07, 6.45) is 0.800. The van der Waals surface area contributed by atoms with E-state index in [-0.39, 0.29) is 17.9 Å². The molecule has 0 spiro atoms. The molecule has 0 aromatic rings. The normalized spacial score (nSPS) is 16.6.